The maximum atomic E-state index is 5.96. The lowest BCUT2D eigenvalue weighted by molar-refractivity contribution is -0.0538. The Kier molecular flexibility index (Phi) is 8.19. The lowest BCUT2D eigenvalue weighted by atomic mass is 10.3. The van der Waals surface area contributed by atoms with Crippen LogP contribution in [0.4, 0.5) is 0 Å². The van der Waals surface area contributed by atoms with Gasteiger partial charge < -0.3 is 27.5 Å². The third-order valence-electron chi connectivity index (χ3n) is 3.48. The van der Waals surface area contributed by atoms with Crippen LogP contribution in [0.1, 0.15) is 26.7 Å². The molecule has 0 amide bonds. The van der Waals surface area contributed by atoms with Crippen LogP contribution in [0, 0.1) is 0 Å². The van der Waals surface area contributed by atoms with E-state index in [1.807, 2.05) is 6.92 Å². The third-order valence-corrected chi connectivity index (χ3v) is 6.55. The van der Waals surface area contributed by atoms with E-state index in [1.165, 1.54) is 0 Å². The SMILES string of the molecule is CCC(COC(CC)[Si](OC)(OC)OC)OCC1CO1. The zero-order valence-electron chi connectivity index (χ0n) is 13.2. The predicted octanol–water partition coefficient (Wildman–Crippen LogP) is 1.39. The number of hydrogen-bond donors (Lipinski definition) is 0. The Bertz CT molecular complexity index is 249. The van der Waals surface area contributed by atoms with Gasteiger partial charge in [0, 0.05) is 21.3 Å². The van der Waals surface area contributed by atoms with Crippen LogP contribution in [-0.2, 0) is 27.5 Å². The minimum absolute atomic E-state index is 0.0607. The molecule has 1 aliphatic heterocycles. The van der Waals surface area contributed by atoms with Crippen LogP contribution in [0.2, 0.25) is 0 Å². The predicted molar refractivity (Wildman–Crippen MR) is 76.6 cm³/mol. The van der Waals surface area contributed by atoms with Crippen molar-refractivity contribution in [1.82, 2.24) is 0 Å². The van der Waals surface area contributed by atoms with Gasteiger partial charge in [-0.3, -0.25) is 0 Å². The second-order valence-electron chi connectivity index (χ2n) is 4.77. The van der Waals surface area contributed by atoms with E-state index in [4.69, 9.17) is 27.5 Å². The molecule has 0 spiro atoms. The normalized spacial score (nSPS) is 21.8. The van der Waals surface area contributed by atoms with Crippen molar-refractivity contribution in [3.8, 4) is 0 Å². The van der Waals surface area contributed by atoms with E-state index in [0.717, 1.165) is 19.4 Å². The maximum absolute atomic E-state index is 5.96. The van der Waals surface area contributed by atoms with Crippen LogP contribution < -0.4 is 0 Å². The molecule has 1 rings (SSSR count). The summed E-state index contributed by atoms with van der Waals surface area (Å²) >= 11 is 0. The monoisotopic (exact) mass is 308 g/mol. The molecule has 0 bridgehead atoms. The molecule has 1 aliphatic rings. The molecular formula is C13H28O6Si. The third kappa shape index (κ3) is 5.07. The Morgan fingerprint density at radius 1 is 1.05 bits per heavy atom. The molecule has 0 radical (unpaired) electrons. The molecule has 0 saturated carbocycles. The molecule has 120 valence electrons. The van der Waals surface area contributed by atoms with Gasteiger partial charge in [0.2, 0.25) is 0 Å². The van der Waals surface area contributed by atoms with Gasteiger partial charge in [-0.1, -0.05) is 13.8 Å². The van der Waals surface area contributed by atoms with Crippen molar-refractivity contribution in [2.75, 3.05) is 41.2 Å². The van der Waals surface area contributed by atoms with Gasteiger partial charge in [0.15, 0.2) is 0 Å². The van der Waals surface area contributed by atoms with Crippen LogP contribution in [0.3, 0.4) is 0 Å². The number of epoxide rings is 1. The van der Waals surface area contributed by atoms with Crippen LogP contribution in [-0.4, -0.2) is 67.9 Å². The molecule has 1 fully saturated rings. The van der Waals surface area contributed by atoms with Crippen molar-refractivity contribution < 1.29 is 27.5 Å². The molecule has 3 unspecified atom stereocenters. The highest BCUT2D eigenvalue weighted by Gasteiger charge is 2.47. The average molecular weight is 308 g/mol. The van der Waals surface area contributed by atoms with E-state index >= 15 is 0 Å². The van der Waals surface area contributed by atoms with Crippen LogP contribution in [0.25, 0.3) is 0 Å². The minimum Gasteiger partial charge on any atom is -0.375 e. The first-order chi connectivity index (χ1) is 9.65. The highest BCUT2D eigenvalue weighted by Crippen LogP contribution is 2.19. The van der Waals surface area contributed by atoms with Crippen molar-refractivity contribution >= 4 is 8.80 Å². The largest absolute Gasteiger partial charge is 0.530 e. The van der Waals surface area contributed by atoms with Crippen molar-refractivity contribution in [3.05, 3.63) is 0 Å². The van der Waals surface area contributed by atoms with Gasteiger partial charge in [-0.15, -0.1) is 0 Å². The molecule has 20 heavy (non-hydrogen) atoms. The van der Waals surface area contributed by atoms with Gasteiger partial charge in [-0.05, 0) is 12.8 Å². The van der Waals surface area contributed by atoms with Crippen LogP contribution >= 0.6 is 0 Å². The zero-order chi connectivity index (χ0) is 15.0. The van der Waals surface area contributed by atoms with E-state index in [1.54, 1.807) is 21.3 Å². The fraction of sp³-hybridized carbons (Fsp3) is 1.00. The molecule has 0 aromatic rings. The topological polar surface area (TPSA) is 58.7 Å². The van der Waals surface area contributed by atoms with E-state index in [9.17, 15) is 0 Å². The molecule has 6 nitrogen and oxygen atoms in total. The minimum atomic E-state index is -2.76. The first-order valence-corrected chi connectivity index (χ1v) is 8.96. The number of ether oxygens (including phenoxy) is 3. The zero-order valence-corrected chi connectivity index (χ0v) is 14.2. The fourth-order valence-corrected chi connectivity index (χ4v) is 4.12. The molecular weight excluding hydrogens is 280 g/mol. The highest BCUT2D eigenvalue weighted by atomic mass is 28.4. The fourth-order valence-electron chi connectivity index (χ4n) is 2.03. The summed E-state index contributed by atoms with van der Waals surface area (Å²) in [5.74, 6) is 0. The Balaban J connectivity index is 2.44. The van der Waals surface area contributed by atoms with Crippen molar-refractivity contribution in [2.24, 2.45) is 0 Å². The van der Waals surface area contributed by atoms with Gasteiger partial charge in [0.25, 0.3) is 0 Å². The summed E-state index contributed by atoms with van der Waals surface area (Å²) in [4.78, 5) is 0. The standard InChI is InChI=1S/C13H28O6Si/c1-6-11(17-9-12-10-18-12)8-19-13(7-2)20(14-3,15-4)16-5/h11-13H,6-10H2,1-5H3. The number of rotatable bonds is 12. The molecule has 1 saturated heterocycles. The molecule has 0 aromatic heterocycles. The van der Waals surface area contributed by atoms with Crippen molar-refractivity contribution in [1.29, 1.82) is 0 Å². The molecule has 0 N–H and O–H groups in total. The lowest BCUT2D eigenvalue weighted by Gasteiger charge is -2.32. The Morgan fingerprint density at radius 2 is 1.65 bits per heavy atom. The van der Waals surface area contributed by atoms with Crippen LogP contribution in [0.5, 0.6) is 0 Å². The molecule has 7 heteroatoms. The van der Waals surface area contributed by atoms with Crippen molar-refractivity contribution in [2.45, 2.75) is 44.6 Å². The van der Waals surface area contributed by atoms with Gasteiger partial charge >= 0.3 is 8.80 Å². The van der Waals surface area contributed by atoms with Crippen LogP contribution in [0.15, 0.2) is 0 Å². The van der Waals surface area contributed by atoms with Gasteiger partial charge in [-0.25, -0.2) is 0 Å². The van der Waals surface area contributed by atoms with Gasteiger partial charge in [0.1, 0.15) is 11.8 Å². The Morgan fingerprint density at radius 3 is 2.05 bits per heavy atom. The smallest absolute Gasteiger partial charge is 0.375 e. The summed E-state index contributed by atoms with van der Waals surface area (Å²) in [6.07, 6.45) is 2.00. The Labute approximate surface area is 123 Å². The highest BCUT2D eigenvalue weighted by molar-refractivity contribution is 6.62. The summed E-state index contributed by atoms with van der Waals surface area (Å²) in [5, 5.41) is 0. The van der Waals surface area contributed by atoms with Crippen molar-refractivity contribution in [3.63, 3.8) is 0 Å². The molecule has 1 heterocycles. The van der Waals surface area contributed by atoms with E-state index in [2.05, 4.69) is 6.92 Å². The molecule has 3 atom stereocenters. The lowest BCUT2D eigenvalue weighted by Crippen LogP contribution is -2.55. The van der Waals surface area contributed by atoms with Gasteiger partial charge in [-0.2, -0.15) is 0 Å². The number of hydrogen-bond acceptors (Lipinski definition) is 6. The quantitative estimate of drug-likeness (QED) is 0.401. The summed E-state index contributed by atoms with van der Waals surface area (Å²) in [6, 6.07) is 0. The summed E-state index contributed by atoms with van der Waals surface area (Å²) in [7, 11) is 2.04. The summed E-state index contributed by atoms with van der Waals surface area (Å²) < 4.78 is 33.3. The first-order valence-electron chi connectivity index (χ1n) is 7.15. The maximum Gasteiger partial charge on any atom is 0.530 e. The Hall–Kier alpha value is -0.0231. The van der Waals surface area contributed by atoms with Gasteiger partial charge in [0.05, 0.1) is 25.9 Å². The first kappa shape index (κ1) is 18.0. The van der Waals surface area contributed by atoms with E-state index < -0.39 is 8.80 Å². The molecule has 0 aromatic carbocycles. The summed E-state index contributed by atoms with van der Waals surface area (Å²) in [5.41, 5.74) is -0.183. The average Bonchev–Trinajstić information content (AvgIpc) is 3.31. The van der Waals surface area contributed by atoms with E-state index in [-0.39, 0.29) is 17.9 Å². The summed E-state index contributed by atoms with van der Waals surface area (Å²) in [6.45, 7) is 6.06. The van der Waals surface area contributed by atoms with E-state index in [0.29, 0.717) is 13.2 Å². The molecule has 0 aliphatic carbocycles. The second-order valence-corrected chi connectivity index (χ2v) is 7.84. The second kappa shape index (κ2) is 9.09.